The summed E-state index contributed by atoms with van der Waals surface area (Å²) in [6.07, 6.45) is 14.6. The van der Waals surface area contributed by atoms with E-state index >= 15 is 0 Å². The highest BCUT2D eigenvalue weighted by Gasteiger charge is 2.39. The molecule has 1 aliphatic rings. The molecule has 0 aromatic heterocycles. The van der Waals surface area contributed by atoms with Gasteiger partial charge >= 0.3 is 35.8 Å². The van der Waals surface area contributed by atoms with Crippen LogP contribution in [0.15, 0.2) is 85.0 Å². The van der Waals surface area contributed by atoms with Crippen molar-refractivity contribution in [1.29, 1.82) is 0 Å². The van der Waals surface area contributed by atoms with Gasteiger partial charge in [-0.25, -0.2) is 28.8 Å². The van der Waals surface area contributed by atoms with Crippen LogP contribution in [0.2, 0.25) is 0 Å². The molecule has 13 nitrogen and oxygen atoms in total. The third kappa shape index (κ3) is 16.8. The molecule has 13 heteroatoms. The van der Waals surface area contributed by atoms with Gasteiger partial charge in [-0.05, 0) is 109 Å². The summed E-state index contributed by atoms with van der Waals surface area (Å²) in [6.45, 7) is 12.3. The number of aryl methyl sites for hydroxylation is 3. The SMILES string of the molecule is C=C(C)C(=O)OCCCc1cc(-c2ccc(-c3ccc(CCC4CCC(CCCCC)CC4)cc3)cc2)c(CC)cc1OCC(COC(=O)C(=C)C)(COC(=O)C(=O)OC)COC(=O)C(=O)OC. The Balaban J connectivity index is 1.60. The molecule has 68 heavy (non-hydrogen) atoms. The third-order valence-corrected chi connectivity index (χ3v) is 12.5. The van der Waals surface area contributed by atoms with Gasteiger partial charge in [0, 0.05) is 11.1 Å². The van der Waals surface area contributed by atoms with E-state index in [0.29, 0.717) is 30.6 Å². The van der Waals surface area contributed by atoms with Crippen LogP contribution in [0.4, 0.5) is 0 Å². The lowest BCUT2D eigenvalue weighted by Gasteiger charge is -2.32. The summed E-state index contributed by atoms with van der Waals surface area (Å²) in [4.78, 5) is 74.0. The average molecular weight is 939 g/mol. The number of carbonyl (C=O) groups excluding carboxylic acids is 6. The predicted molar refractivity (Wildman–Crippen MR) is 258 cm³/mol. The van der Waals surface area contributed by atoms with Crippen molar-refractivity contribution in [3.8, 4) is 28.0 Å². The third-order valence-electron chi connectivity index (χ3n) is 12.5. The number of ether oxygens (including phenoxy) is 7. The van der Waals surface area contributed by atoms with Crippen molar-refractivity contribution in [3.05, 3.63) is 102 Å². The number of unbranched alkanes of at least 4 members (excludes halogenated alkanes) is 2. The number of methoxy groups -OCH3 is 2. The fourth-order valence-electron chi connectivity index (χ4n) is 8.22. The molecule has 0 radical (unpaired) electrons. The molecule has 0 aliphatic heterocycles. The normalized spacial score (nSPS) is 14.5. The second-order valence-corrected chi connectivity index (χ2v) is 18.0. The summed E-state index contributed by atoms with van der Waals surface area (Å²) >= 11 is 0. The predicted octanol–water partition coefficient (Wildman–Crippen LogP) is 9.87. The lowest BCUT2D eigenvalue weighted by atomic mass is 9.78. The van der Waals surface area contributed by atoms with Crippen molar-refractivity contribution in [2.24, 2.45) is 17.3 Å². The van der Waals surface area contributed by atoms with E-state index in [4.69, 9.17) is 23.7 Å². The first-order valence-electron chi connectivity index (χ1n) is 23.8. The maximum absolute atomic E-state index is 12.7. The standard InChI is InChI=1S/C55H70O13/c1-9-11-12-14-39-16-18-40(19-17-39)20-21-41-22-24-43(25-23-41)44-26-28-45(29-27-44)47-31-46(15-13-30-64-49(56)37(3)4)48(32-42(47)10-2)65-33-55(34-66-50(57)38(5)6,35-67-53(60)51(58)62-7)36-68-54(61)52(59)63-8/h22-29,31-32,39-40H,3,5,9-21,30,33-36H2,1-2,4,6-8H3. The van der Waals surface area contributed by atoms with Crippen molar-refractivity contribution >= 4 is 35.8 Å². The molecule has 0 atom stereocenters. The molecule has 0 unspecified atom stereocenters. The van der Waals surface area contributed by atoms with Crippen LogP contribution in [0.1, 0.15) is 109 Å². The van der Waals surface area contributed by atoms with Gasteiger partial charge in [-0.15, -0.1) is 0 Å². The summed E-state index contributed by atoms with van der Waals surface area (Å²) in [6, 6.07) is 21.2. The van der Waals surface area contributed by atoms with Gasteiger partial charge in [-0.2, -0.15) is 0 Å². The molecule has 3 aromatic carbocycles. The van der Waals surface area contributed by atoms with Crippen LogP contribution < -0.4 is 4.74 Å². The van der Waals surface area contributed by atoms with Crippen LogP contribution >= 0.6 is 0 Å². The molecular formula is C55H70O13. The second kappa shape index (κ2) is 27.5. The molecule has 0 spiro atoms. The zero-order chi connectivity index (χ0) is 49.6. The largest absolute Gasteiger partial charge is 0.492 e. The first-order chi connectivity index (χ1) is 32.6. The van der Waals surface area contributed by atoms with E-state index in [1.54, 1.807) is 6.92 Å². The highest BCUT2D eigenvalue weighted by Crippen LogP contribution is 2.37. The van der Waals surface area contributed by atoms with E-state index < -0.39 is 67.7 Å². The van der Waals surface area contributed by atoms with Crippen LogP contribution in [0, 0.1) is 17.3 Å². The summed E-state index contributed by atoms with van der Waals surface area (Å²) < 4.78 is 36.9. The van der Waals surface area contributed by atoms with Crippen molar-refractivity contribution in [1.82, 2.24) is 0 Å². The number of rotatable bonds is 25. The van der Waals surface area contributed by atoms with Gasteiger partial charge in [0.25, 0.3) is 0 Å². The topological polar surface area (TPSA) is 167 Å². The Labute approximate surface area is 401 Å². The number of carbonyl (C=O) groups is 6. The van der Waals surface area contributed by atoms with Crippen LogP contribution in [-0.2, 0) is 76.5 Å². The number of hydrogen-bond acceptors (Lipinski definition) is 13. The fourth-order valence-corrected chi connectivity index (χ4v) is 8.22. The smallest absolute Gasteiger partial charge is 0.417 e. The first-order valence-corrected chi connectivity index (χ1v) is 23.8. The van der Waals surface area contributed by atoms with E-state index in [0.717, 1.165) is 60.3 Å². The maximum atomic E-state index is 12.7. The van der Waals surface area contributed by atoms with Gasteiger partial charge in [-0.3, -0.25) is 0 Å². The quantitative estimate of drug-likeness (QED) is 0.0259. The van der Waals surface area contributed by atoms with Crippen molar-refractivity contribution in [2.45, 2.75) is 111 Å². The first kappa shape index (κ1) is 54.4. The summed E-state index contributed by atoms with van der Waals surface area (Å²) in [5.74, 6) is -4.55. The molecule has 1 fully saturated rings. The Morgan fingerprint density at radius 2 is 1.06 bits per heavy atom. The molecule has 0 saturated heterocycles. The van der Waals surface area contributed by atoms with E-state index in [1.165, 1.54) is 70.3 Å². The average Bonchev–Trinajstić information content (AvgIpc) is 3.36. The molecule has 0 bridgehead atoms. The Hall–Kier alpha value is -6.24. The monoisotopic (exact) mass is 938 g/mol. The highest BCUT2D eigenvalue weighted by molar-refractivity contribution is 6.30. The zero-order valence-electron chi connectivity index (χ0n) is 40.9. The fraction of sp³-hybridized carbons (Fsp3) is 0.491. The van der Waals surface area contributed by atoms with Crippen LogP contribution in [0.5, 0.6) is 5.75 Å². The van der Waals surface area contributed by atoms with E-state index in [-0.39, 0.29) is 17.8 Å². The van der Waals surface area contributed by atoms with Gasteiger partial charge in [-0.1, -0.05) is 127 Å². The Kier molecular flexibility index (Phi) is 22.0. The molecule has 368 valence electrons. The minimum Gasteiger partial charge on any atom is -0.492 e. The van der Waals surface area contributed by atoms with Crippen LogP contribution in [0.3, 0.4) is 0 Å². The summed E-state index contributed by atoms with van der Waals surface area (Å²) in [5, 5.41) is 0. The second-order valence-electron chi connectivity index (χ2n) is 18.0. The van der Waals surface area contributed by atoms with E-state index in [1.807, 2.05) is 19.1 Å². The minimum absolute atomic E-state index is 0.0487. The lowest BCUT2D eigenvalue weighted by molar-refractivity contribution is -0.177. The van der Waals surface area contributed by atoms with Gasteiger partial charge in [0.1, 0.15) is 37.6 Å². The Morgan fingerprint density at radius 3 is 1.57 bits per heavy atom. The van der Waals surface area contributed by atoms with Crippen molar-refractivity contribution in [2.75, 3.05) is 47.3 Å². The van der Waals surface area contributed by atoms with Gasteiger partial charge in [0.05, 0.1) is 20.8 Å². The molecule has 0 amide bonds. The molecule has 1 aliphatic carbocycles. The molecule has 0 N–H and O–H groups in total. The summed E-state index contributed by atoms with van der Waals surface area (Å²) in [7, 11) is 1.99. The highest BCUT2D eigenvalue weighted by atomic mass is 16.6. The minimum atomic E-state index is -1.68. The summed E-state index contributed by atoms with van der Waals surface area (Å²) in [5.41, 5.74) is 5.78. The Morgan fingerprint density at radius 1 is 0.559 bits per heavy atom. The molecular weight excluding hydrogens is 869 g/mol. The maximum Gasteiger partial charge on any atom is 0.417 e. The van der Waals surface area contributed by atoms with E-state index in [9.17, 15) is 28.8 Å². The van der Waals surface area contributed by atoms with Gasteiger partial charge in [0.2, 0.25) is 0 Å². The lowest BCUT2D eigenvalue weighted by Crippen LogP contribution is -2.45. The van der Waals surface area contributed by atoms with Gasteiger partial charge in [0.15, 0.2) is 0 Å². The number of benzene rings is 3. The van der Waals surface area contributed by atoms with Crippen LogP contribution in [-0.4, -0.2) is 83.1 Å². The molecule has 4 rings (SSSR count). The number of hydrogen-bond donors (Lipinski definition) is 0. The Bertz CT molecular complexity index is 2160. The van der Waals surface area contributed by atoms with Crippen LogP contribution in [0.25, 0.3) is 22.3 Å². The molecule has 1 saturated carbocycles. The van der Waals surface area contributed by atoms with Gasteiger partial charge < -0.3 is 33.2 Å². The zero-order valence-corrected chi connectivity index (χ0v) is 40.9. The number of esters is 6. The molecule has 0 heterocycles. The molecule has 3 aromatic rings. The van der Waals surface area contributed by atoms with Crippen molar-refractivity contribution < 1.29 is 61.9 Å². The van der Waals surface area contributed by atoms with E-state index in [2.05, 4.69) is 78.1 Å². The van der Waals surface area contributed by atoms with Crippen molar-refractivity contribution in [3.63, 3.8) is 0 Å².